The summed E-state index contributed by atoms with van der Waals surface area (Å²) in [6.45, 7) is 0. The van der Waals surface area contributed by atoms with Gasteiger partial charge in [-0.3, -0.25) is 4.79 Å². The SMILES string of the molecule is O=C(O)/C=C/c1c[nH]ccc1=O. The Hall–Kier alpha value is -1.84. The van der Waals surface area contributed by atoms with Gasteiger partial charge in [0.05, 0.1) is 0 Å². The number of carboxylic acid groups (broad SMARTS) is 1. The van der Waals surface area contributed by atoms with Crippen LogP contribution >= 0.6 is 0 Å². The predicted molar refractivity (Wildman–Crippen MR) is 43.7 cm³/mol. The van der Waals surface area contributed by atoms with E-state index in [0.29, 0.717) is 5.56 Å². The molecule has 0 aliphatic rings. The normalized spacial score (nSPS) is 10.3. The van der Waals surface area contributed by atoms with Gasteiger partial charge in [0.2, 0.25) is 0 Å². The zero-order chi connectivity index (χ0) is 8.97. The van der Waals surface area contributed by atoms with Gasteiger partial charge >= 0.3 is 5.97 Å². The van der Waals surface area contributed by atoms with Crippen molar-refractivity contribution in [1.82, 2.24) is 4.98 Å². The minimum absolute atomic E-state index is 0.203. The second-order valence-corrected chi connectivity index (χ2v) is 2.14. The van der Waals surface area contributed by atoms with Gasteiger partial charge in [0.15, 0.2) is 5.43 Å². The van der Waals surface area contributed by atoms with Crippen LogP contribution in [0.25, 0.3) is 6.08 Å². The number of carboxylic acids is 1. The largest absolute Gasteiger partial charge is 0.478 e. The first kappa shape index (κ1) is 8.26. The highest BCUT2D eigenvalue weighted by atomic mass is 16.4. The molecule has 2 N–H and O–H groups in total. The highest BCUT2D eigenvalue weighted by Gasteiger charge is 1.92. The van der Waals surface area contributed by atoms with Crippen molar-refractivity contribution >= 4 is 12.0 Å². The van der Waals surface area contributed by atoms with Crippen LogP contribution in [0.4, 0.5) is 0 Å². The summed E-state index contributed by atoms with van der Waals surface area (Å²) in [5, 5.41) is 8.27. The number of aliphatic carboxylic acids is 1. The van der Waals surface area contributed by atoms with E-state index in [4.69, 9.17) is 5.11 Å². The van der Waals surface area contributed by atoms with Crippen LogP contribution in [0.15, 0.2) is 29.3 Å². The Morgan fingerprint density at radius 2 is 2.33 bits per heavy atom. The molecule has 0 saturated heterocycles. The number of rotatable bonds is 2. The molecule has 0 fully saturated rings. The first-order chi connectivity index (χ1) is 5.70. The Kier molecular flexibility index (Phi) is 2.42. The van der Waals surface area contributed by atoms with E-state index in [1.807, 2.05) is 0 Å². The quantitative estimate of drug-likeness (QED) is 0.626. The molecule has 1 heterocycles. The van der Waals surface area contributed by atoms with E-state index in [1.54, 1.807) is 0 Å². The summed E-state index contributed by atoms with van der Waals surface area (Å²) >= 11 is 0. The molecule has 0 spiro atoms. The number of hydrogen-bond donors (Lipinski definition) is 2. The second-order valence-electron chi connectivity index (χ2n) is 2.14. The molecule has 0 aromatic carbocycles. The molecule has 1 aromatic heterocycles. The molecule has 0 bridgehead atoms. The minimum atomic E-state index is -1.07. The fourth-order valence-electron chi connectivity index (χ4n) is 0.720. The Morgan fingerprint density at radius 1 is 1.58 bits per heavy atom. The Labute approximate surface area is 68.2 Å². The zero-order valence-corrected chi connectivity index (χ0v) is 6.15. The summed E-state index contributed by atoms with van der Waals surface area (Å²) in [5.41, 5.74) is 0.131. The smallest absolute Gasteiger partial charge is 0.328 e. The van der Waals surface area contributed by atoms with Gasteiger partial charge in [-0.15, -0.1) is 0 Å². The zero-order valence-electron chi connectivity index (χ0n) is 6.15. The van der Waals surface area contributed by atoms with E-state index in [2.05, 4.69) is 4.98 Å². The van der Waals surface area contributed by atoms with Crippen LogP contribution in [0.5, 0.6) is 0 Å². The average Bonchev–Trinajstić information content (AvgIpc) is 2.03. The van der Waals surface area contributed by atoms with E-state index in [1.165, 1.54) is 24.5 Å². The van der Waals surface area contributed by atoms with Crippen molar-refractivity contribution in [3.8, 4) is 0 Å². The molecular formula is C8H7NO3. The first-order valence-electron chi connectivity index (χ1n) is 3.28. The van der Waals surface area contributed by atoms with Crippen LogP contribution in [-0.2, 0) is 4.79 Å². The second kappa shape index (κ2) is 3.52. The molecule has 12 heavy (non-hydrogen) atoms. The van der Waals surface area contributed by atoms with E-state index >= 15 is 0 Å². The van der Waals surface area contributed by atoms with Crippen molar-refractivity contribution in [2.24, 2.45) is 0 Å². The summed E-state index contributed by atoms with van der Waals surface area (Å²) in [6, 6.07) is 1.33. The molecule has 1 aromatic rings. The first-order valence-corrected chi connectivity index (χ1v) is 3.28. The molecule has 0 amide bonds. The lowest BCUT2D eigenvalue weighted by atomic mass is 10.2. The average molecular weight is 165 g/mol. The fraction of sp³-hybridized carbons (Fsp3) is 0. The molecular weight excluding hydrogens is 158 g/mol. The van der Waals surface area contributed by atoms with Gasteiger partial charge in [0.1, 0.15) is 0 Å². The molecule has 4 heteroatoms. The summed E-state index contributed by atoms with van der Waals surface area (Å²) < 4.78 is 0. The molecule has 0 aliphatic carbocycles. The van der Waals surface area contributed by atoms with Gasteiger partial charge in [-0.05, 0) is 6.08 Å². The standard InChI is InChI=1S/C8H7NO3/c10-7-3-4-9-5-6(7)1-2-8(11)12/h1-5H,(H,9,10)(H,11,12)/b2-1+. The van der Waals surface area contributed by atoms with Gasteiger partial charge in [-0.1, -0.05) is 0 Å². The maximum Gasteiger partial charge on any atom is 0.328 e. The van der Waals surface area contributed by atoms with Crippen molar-refractivity contribution in [2.45, 2.75) is 0 Å². The van der Waals surface area contributed by atoms with E-state index in [0.717, 1.165) is 6.08 Å². The molecule has 0 radical (unpaired) electrons. The molecule has 0 atom stereocenters. The van der Waals surface area contributed by atoms with Crippen LogP contribution < -0.4 is 5.43 Å². The van der Waals surface area contributed by atoms with Crippen LogP contribution in [-0.4, -0.2) is 16.1 Å². The molecule has 0 saturated carbocycles. The monoisotopic (exact) mass is 165 g/mol. The van der Waals surface area contributed by atoms with Gasteiger partial charge in [-0.25, -0.2) is 4.79 Å². The highest BCUT2D eigenvalue weighted by molar-refractivity contribution is 5.85. The van der Waals surface area contributed by atoms with E-state index in [9.17, 15) is 9.59 Å². The Balaban J connectivity index is 2.97. The lowest BCUT2D eigenvalue weighted by molar-refractivity contribution is -0.131. The predicted octanol–water partition coefficient (Wildman–Crippen LogP) is 0.473. The Morgan fingerprint density at radius 3 is 2.92 bits per heavy atom. The van der Waals surface area contributed by atoms with Crippen molar-refractivity contribution in [1.29, 1.82) is 0 Å². The topological polar surface area (TPSA) is 70.2 Å². The van der Waals surface area contributed by atoms with E-state index in [-0.39, 0.29) is 5.43 Å². The summed E-state index contributed by atoms with van der Waals surface area (Å²) in [4.78, 5) is 23.7. The van der Waals surface area contributed by atoms with Crippen molar-refractivity contribution < 1.29 is 9.90 Å². The summed E-state index contributed by atoms with van der Waals surface area (Å²) in [7, 11) is 0. The maximum absolute atomic E-state index is 11.0. The summed E-state index contributed by atoms with van der Waals surface area (Å²) in [6.07, 6.45) is 5.11. The number of pyridine rings is 1. The third-order valence-corrected chi connectivity index (χ3v) is 1.26. The van der Waals surface area contributed by atoms with Gasteiger partial charge in [0.25, 0.3) is 0 Å². The van der Waals surface area contributed by atoms with E-state index < -0.39 is 5.97 Å². The van der Waals surface area contributed by atoms with Crippen LogP contribution in [0.1, 0.15) is 5.56 Å². The fourth-order valence-corrected chi connectivity index (χ4v) is 0.720. The molecule has 0 aliphatic heterocycles. The molecule has 4 nitrogen and oxygen atoms in total. The number of carbonyl (C=O) groups is 1. The number of H-pyrrole nitrogens is 1. The lowest BCUT2D eigenvalue weighted by Gasteiger charge is -1.88. The number of aromatic amines is 1. The third-order valence-electron chi connectivity index (χ3n) is 1.26. The number of aromatic nitrogens is 1. The van der Waals surface area contributed by atoms with Gasteiger partial charge in [-0.2, -0.15) is 0 Å². The lowest BCUT2D eigenvalue weighted by Crippen LogP contribution is -2.02. The van der Waals surface area contributed by atoms with Gasteiger partial charge < -0.3 is 10.1 Å². The van der Waals surface area contributed by atoms with Crippen molar-refractivity contribution in [3.63, 3.8) is 0 Å². The van der Waals surface area contributed by atoms with Crippen LogP contribution in [0.3, 0.4) is 0 Å². The highest BCUT2D eigenvalue weighted by Crippen LogP contribution is 1.90. The number of hydrogen-bond acceptors (Lipinski definition) is 2. The van der Waals surface area contributed by atoms with Gasteiger partial charge in [0, 0.05) is 30.1 Å². The minimum Gasteiger partial charge on any atom is -0.478 e. The van der Waals surface area contributed by atoms with Crippen LogP contribution in [0, 0.1) is 0 Å². The Bertz CT molecular complexity index is 365. The van der Waals surface area contributed by atoms with Crippen molar-refractivity contribution in [3.05, 3.63) is 40.3 Å². The third kappa shape index (κ3) is 2.09. The molecule has 0 unspecified atom stereocenters. The van der Waals surface area contributed by atoms with Crippen molar-refractivity contribution in [2.75, 3.05) is 0 Å². The number of nitrogens with one attached hydrogen (secondary N) is 1. The van der Waals surface area contributed by atoms with Crippen LogP contribution in [0.2, 0.25) is 0 Å². The molecule has 1 rings (SSSR count). The molecule has 62 valence electrons. The summed E-state index contributed by atoms with van der Waals surface area (Å²) in [5.74, 6) is -1.07. The maximum atomic E-state index is 11.0.